The van der Waals surface area contributed by atoms with Gasteiger partial charge in [0.05, 0.1) is 5.69 Å². The first-order chi connectivity index (χ1) is 6.06. The number of hydrogen-bond acceptors (Lipinski definition) is 3. The standard InChI is InChI=1S/C7H6F2N2O2/c8-6(9)5-4(13)1-3(2-12)11-7(5)10/h1-2,6H,(H3,10,11,13). The molecular formula is C7H6F2N2O2. The zero-order chi connectivity index (χ0) is 10.0. The first-order valence-electron chi connectivity index (χ1n) is 3.32. The van der Waals surface area contributed by atoms with E-state index in [0.29, 0.717) is 6.29 Å². The van der Waals surface area contributed by atoms with E-state index in [4.69, 9.17) is 5.73 Å². The van der Waals surface area contributed by atoms with Gasteiger partial charge in [0.2, 0.25) is 0 Å². The van der Waals surface area contributed by atoms with Crippen molar-refractivity contribution < 1.29 is 13.6 Å². The summed E-state index contributed by atoms with van der Waals surface area (Å²) in [6, 6.07) is 0.783. The Balaban J connectivity index is 3.40. The van der Waals surface area contributed by atoms with Gasteiger partial charge < -0.3 is 10.7 Å². The molecule has 1 rings (SSSR count). The molecule has 13 heavy (non-hydrogen) atoms. The second-order valence-corrected chi connectivity index (χ2v) is 2.33. The van der Waals surface area contributed by atoms with E-state index in [9.17, 15) is 18.4 Å². The van der Waals surface area contributed by atoms with Crippen molar-refractivity contribution in [2.75, 3.05) is 5.73 Å². The Morgan fingerprint density at radius 2 is 2.15 bits per heavy atom. The minimum absolute atomic E-state index is 0.119. The number of aromatic nitrogens is 1. The maximum atomic E-state index is 12.1. The van der Waals surface area contributed by atoms with Crippen LogP contribution in [0.15, 0.2) is 10.9 Å². The van der Waals surface area contributed by atoms with Crippen molar-refractivity contribution in [3.63, 3.8) is 0 Å². The number of nitrogens with two attached hydrogens (primary N) is 1. The van der Waals surface area contributed by atoms with Gasteiger partial charge in [-0.1, -0.05) is 0 Å². The van der Waals surface area contributed by atoms with E-state index >= 15 is 0 Å². The van der Waals surface area contributed by atoms with Gasteiger partial charge in [0.1, 0.15) is 11.4 Å². The summed E-state index contributed by atoms with van der Waals surface area (Å²) >= 11 is 0. The van der Waals surface area contributed by atoms with Crippen molar-refractivity contribution in [1.82, 2.24) is 4.98 Å². The minimum atomic E-state index is -2.94. The summed E-state index contributed by atoms with van der Waals surface area (Å²) in [5.41, 5.74) is 3.25. The molecule has 1 aromatic heterocycles. The highest BCUT2D eigenvalue weighted by atomic mass is 19.3. The Morgan fingerprint density at radius 3 is 2.54 bits per heavy atom. The average molecular weight is 188 g/mol. The van der Waals surface area contributed by atoms with Crippen molar-refractivity contribution in [2.24, 2.45) is 0 Å². The van der Waals surface area contributed by atoms with E-state index in [1.54, 1.807) is 0 Å². The van der Waals surface area contributed by atoms with Crippen molar-refractivity contribution >= 4 is 12.1 Å². The van der Waals surface area contributed by atoms with Gasteiger partial charge in [-0.05, 0) is 0 Å². The maximum absolute atomic E-state index is 12.1. The number of halogens is 2. The number of alkyl halides is 2. The van der Waals surface area contributed by atoms with Crippen LogP contribution in [-0.2, 0) is 0 Å². The van der Waals surface area contributed by atoms with E-state index in [-0.39, 0.29) is 5.69 Å². The second kappa shape index (κ2) is 3.34. The van der Waals surface area contributed by atoms with Crippen molar-refractivity contribution in [2.45, 2.75) is 6.43 Å². The minimum Gasteiger partial charge on any atom is -0.385 e. The molecule has 0 saturated carbocycles. The number of nitrogen functional groups attached to an aromatic ring is 1. The molecule has 0 bridgehead atoms. The third-order valence-electron chi connectivity index (χ3n) is 1.47. The number of hydrogen-bond donors (Lipinski definition) is 2. The Hall–Kier alpha value is -1.72. The van der Waals surface area contributed by atoms with E-state index in [1.807, 2.05) is 0 Å². The lowest BCUT2D eigenvalue weighted by molar-refractivity contribution is 0.111. The van der Waals surface area contributed by atoms with Crippen LogP contribution < -0.4 is 11.2 Å². The van der Waals surface area contributed by atoms with Crippen molar-refractivity contribution in [3.05, 3.63) is 27.5 Å². The van der Waals surface area contributed by atoms with E-state index in [0.717, 1.165) is 6.07 Å². The topological polar surface area (TPSA) is 76.0 Å². The molecule has 0 unspecified atom stereocenters. The van der Waals surface area contributed by atoms with Crippen LogP contribution in [0.1, 0.15) is 22.5 Å². The van der Waals surface area contributed by atoms with Crippen molar-refractivity contribution in [3.8, 4) is 0 Å². The molecule has 0 amide bonds. The number of carbonyl (C=O) groups excluding carboxylic acids is 1. The molecule has 0 spiro atoms. The molecular weight excluding hydrogens is 182 g/mol. The molecule has 0 fully saturated rings. The molecule has 0 aliphatic carbocycles. The fraction of sp³-hybridized carbons (Fsp3) is 0.143. The number of nitrogens with one attached hydrogen (secondary N) is 1. The van der Waals surface area contributed by atoms with Crippen LogP contribution in [0.3, 0.4) is 0 Å². The Kier molecular flexibility index (Phi) is 2.41. The van der Waals surface area contributed by atoms with E-state index in [1.165, 1.54) is 0 Å². The summed E-state index contributed by atoms with van der Waals surface area (Å²) in [5, 5.41) is 0. The van der Waals surface area contributed by atoms with Gasteiger partial charge >= 0.3 is 0 Å². The highest BCUT2D eigenvalue weighted by Gasteiger charge is 2.16. The van der Waals surface area contributed by atoms with Gasteiger partial charge in [-0.15, -0.1) is 0 Å². The quantitative estimate of drug-likeness (QED) is 0.671. The lowest BCUT2D eigenvalue weighted by Gasteiger charge is -2.03. The summed E-state index contributed by atoms with van der Waals surface area (Å²) in [5.74, 6) is -0.468. The van der Waals surface area contributed by atoms with Gasteiger partial charge in [-0.25, -0.2) is 8.78 Å². The summed E-state index contributed by atoms with van der Waals surface area (Å²) in [6.45, 7) is 0. The number of H-pyrrole nitrogens is 1. The highest BCUT2D eigenvalue weighted by molar-refractivity contribution is 5.72. The number of pyridine rings is 1. The molecule has 0 aliphatic heterocycles. The Morgan fingerprint density at radius 1 is 1.54 bits per heavy atom. The monoisotopic (exact) mass is 188 g/mol. The van der Waals surface area contributed by atoms with E-state index < -0.39 is 23.2 Å². The number of aromatic amines is 1. The molecule has 0 aliphatic rings. The smallest absolute Gasteiger partial charge is 0.271 e. The predicted molar refractivity (Wildman–Crippen MR) is 41.8 cm³/mol. The fourth-order valence-corrected chi connectivity index (χ4v) is 0.899. The van der Waals surface area contributed by atoms with Gasteiger partial charge in [-0.2, -0.15) is 0 Å². The molecule has 1 aromatic rings. The van der Waals surface area contributed by atoms with Crippen LogP contribution in [0.5, 0.6) is 0 Å². The normalized spacial score (nSPS) is 10.4. The van der Waals surface area contributed by atoms with Crippen LogP contribution in [0.2, 0.25) is 0 Å². The Bertz CT molecular complexity index is 387. The van der Waals surface area contributed by atoms with Crippen LogP contribution in [0.4, 0.5) is 14.6 Å². The molecule has 70 valence electrons. The molecule has 4 nitrogen and oxygen atoms in total. The van der Waals surface area contributed by atoms with Crippen LogP contribution in [0.25, 0.3) is 0 Å². The predicted octanol–water partition coefficient (Wildman–Crippen LogP) is 0.707. The molecule has 0 atom stereocenters. The van der Waals surface area contributed by atoms with Gasteiger partial charge in [0.25, 0.3) is 6.43 Å². The van der Waals surface area contributed by atoms with Crippen LogP contribution in [0, 0.1) is 0 Å². The molecule has 0 saturated heterocycles. The summed E-state index contributed by atoms with van der Waals surface area (Å²) in [4.78, 5) is 23.3. The Labute approximate surface area is 71.4 Å². The third kappa shape index (κ3) is 1.71. The molecule has 0 radical (unpaired) electrons. The number of anilines is 1. The number of carbonyl (C=O) groups is 1. The van der Waals surface area contributed by atoms with Crippen LogP contribution >= 0.6 is 0 Å². The van der Waals surface area contributed by atoms with Gasteiger partial charge in [0, 0.05) is 6.07 Å². The average Bonchev–Trinajstić information content (AvgIpc) is 2.02. The number of aldehydes is 1. The molecule has 1 heterocycles. The van der Waals surface area contributed by atoms with Crippen LogP contribution in [-0.4, -0.2) is 11.3 Å². The third-order valence-corrected chi connectivity index (χ3v) is 1.47. The van der Waals surface area contributed by atoms with Gasteiger partial charge in [0.15, 0.2) is 11.7 Å². The lowest BCUT2D eigenvalue weighted by Crippen LogP contribution is -2.15. The SMILES string of the molecule is Nc1[nH]c(C=O)cc(=O)c1C(F)F. The lowest BCUT2D eigenvalue weighted by atomic mass is 10.2. The molecule has 6 heteroatoms. The summed E-state index contributed by atoms with van der Waals surface area (Å²) in [7, 11) is 0. The first-order valence-corrected chi connectivity index (χ1v) is 3.32. The first kappa shape index (κ1) is 9.37. The number of rotatable bonds is 2. The molecule has 3 N–H and O–H groups in total. The largest absolute Gasteiger partial charge is 0.385 e. The fourth-order valence-electron chi connectivity index (χ4n) is 0.899. The van der Waals surface area contributed by atoms with Crippen molar-refractivity contribution in [1.29, 1.82) is 0 Å². The second-order valence-electron chi connectivity index (χ2n) is 2.33. The zero-order valence-electron chi connectivity index (χ0n) is 6.38. The molecule has 0 aromatic carbocycles. The summed E-state index contributed by atoms with van der Waals surface area (Å²) < 4.78 is 24.3. The summed E-state index contributed by atoms with van der Waals surface area (Å²) in [6.07, 6.45) is -2.61. The van der Waals surface area contributed by atoms with Gasteiger partial charge in [-0.3, -0.25) is 9.59 Å². The maximum Gasteiger partial charge on any atom is 0.271 e. The highest BCUT2D eigenvalue weighted by Crippen LogP contribution is 2.19. The zero-order valence-corrected chi connectivity index (χ0v) is 6.38. The van der Waals surface area contributed by atoms with E-state index in [2.05, 4.69) is 4.98 Å².